The van der Waals surface area contributed by atoms with Gasteiger partial charge in [-0.2, -0.15) is 4.31 Å². The molecule has 1 aromatic rings. The summed E-state index contributed by atoms with van der Waals surface area (Å²) in [5.41, 5.74) is 0.894. The van der Waals surface area contributed by atoms with Crippen molar-refractivity contribution in [3.63, 3.8) is 0 Å². The summed E-state index contributed by atoms with van der Waals surface area (Å²) in [4.78, 5) is 2.46. The van der Waals surface area contributed by atoms with E-state index in [2.05, 4.69) is 11.9 Å². The second kappa shape index (κ2) is 11.1. The summed E-state index contributed by atoms with van der Waals surface area (Å²) in [6.07, 6.45) is 5.81. The first-order valence-electron chi connectivity index (χ1n) is 11.6. The van der Waals surface area contributed by atoms with E-state index >= 15 is 0 Å². The van der Waals surface area contributed by atoms with Crippen LogP contribution >= 0.6 is 0 Å². The Bertz CT molecular complexity index is 882. The van der Waals surface area contributed by atoms with Gasteiger partial charge in [0.05, 0.1) is 6.61 Å². The molecule has 3 atom stereocenters. The number of rotatable bonds is 7. The lowest BCUT2D eigenvalue weighted by Gasteiger charge is -2.38. The molecule has 1 saturated heterocycles. The third kappa shape index (κ3) is 5.91. The number of fused-ring (bicyclic) bond motifs is 1. The smallest absolute Gasteiger partial charge is 0.247 e. The molecule has 32 heavy (non-hydrogen) atoms. The highest BCUT2D eigenvalue weighted by Crippen LogP contribution is 2.34. The molecule has 0 radical (unpaired) electrons. The summed E-state index contributed by atoms with van der Waals surface area (Å²) in [5.74, 6) is 0.943. The number of allylic oxidation sites excluding steroid dienone is 1. The average molecular weight is 467 g/mol. The number of ether oxygens (including phenoxy) is 2. The van der Waals surface area contributed by atoms with Gasteiger partial charge in [-0.15, -0.1) is 0 Å². The molecule has 0 aliphatic carbocycles. The van der Waals surface area contributed by atoms with E-state index < -0.39 is 16.1 Å². The Balaban J connectivity index is 1.91. The molecule has 2 heterocycles. The van der Waals surface area contributed by atoms with Gasteiger partial charge in [-0.1, -0.05) is 25.1 Å². The van der Waals surface area contributed by atoms with Crippen LogP contribution in [-0.4, -0.2) is 81.4 Å². The summed E-state index contributed by atoms with van der Waals surface area (Å²) in [6.45, 7) is 9.08. The second-order valence-corrected chi connectivity index (χ2v) is 11.1. The Morgan fingerprint density at radius 2 is 2.00 bits per heavy atom. The number of hydrogen-bond donors (Lipinski definition) is 1. The zero-order valence-electron chi connectivity index (χ0n) is 19.7. The first kappa shape index (κ1) is 25.2. The number of likely N-dealkylation sites (N-methyl/N-ethyl adjacent to an activating group) is 1. The van der Waals surface area contributed by atoms with Crippen LogP contribution in [-0.2, 0) is 14.8 Å². The van der Waals surface area contributed by atoms with Crippen molar-refractivity contribution in [2.24, 2.45) is 11.8 Å². The molecular weight excluding hydrogens is 428 g/mol. The lowest BCUT2D eigenvalue weighted by atomic mass is 9.98. The maximum atomic E-state index is 13.5. The molecule has 1 fully saturated rings. The van der Waals surface area contributed by atoms with Gasteiger partial charge in [0.1, 0.15) is 16.7 Å². The summed E-state index contributed by atoms with van der Waals surface area (Å²) < 4.78 is 40.3. The van der Waals surface area contributed by atoms with Crippen molar-refractivity contribution in [3.05, 3.63) is 29.8 Å². The molecule has 1 N–H and O–H groups in total. The summed E-state index contributed by atoms with van der Waals surface area (Å²) in [6, 6.07) is 4.71. The van der Waals surface area contributed by atoms with Crippen LogP contribution in [0.5, 0.6) is 5.75 Å². The quantitative estimate of drug-likeness (QED) is 0.666. The molecular formula is C24H38N2O5S. The van der Waals surface area contributed by atoms with Crippen LogP contribution in [0.2, 0.25) is 0 Å². The van der Waals surface area contributed by atoms with Gasteiger partial charge in [0.15, 0.2) is 0 Å². The molecule has 0 spiro atoms. The zero-order chi connectivity index (χ0) is 23.3. The van der Waals surface area contributed by atoms with Crippen molar-refractivity contribution in [2.75, 3.05) is 46.5 Å². The van der Waals surface area contributed by atoms with Crippen LogP contribution in [0.25, 0.3) is 6.08 Å². The van der Waals surface area contributed by atoms with Gasteiger partial charge in [0.2, 0.25) is 10.0 Å². The molecule has 1 aromatic carbocycles. The second-order valence-electron chi connectivity index (χ2n) is 9.22. The van der Waals surface area contributed by atoms with Gasteiger partial charge < -0.3 is 19.5 Å². The Hall–Kier alpha value is -1.45. The van der Waals surface area contributed by atoms with E-state index in [0.29, 0.717) is 24.8 Å². The summed E-state index contributed by atoms with van der Waals surface area (Å²) in [7, 11) is -1.69. The fourth-order valence-corrected chi connectivity index (χ4v) is 6.33. The normalized spacial score (nSPS) is 25.8. The van der Waals surface area contributed by atoms with E-state index in [-0.39, 0.29) is 23.5 Å². The first-order chi connectivity index (χ1) is 15.3. The predicted molar refractivity (Wildman–Crippen MR) is 126 cm³/mol. The van der Waals surface area contributed by atoms with E-state index in [1.54, 1.807) is 25.1 Å². The van der Waals surface area contributed by atoms with Crippen molar-refractivity contribution >= 4 is 16.1 Å². The van der Waals surface area contributed by atoms with Gasteiger partial charge in [0.25, 0.3) is 0 Å². The topological polar surface area (TPSA) is 79.3 Å². The number of hydrogen-bond acceptors (Lipinski definition) is 6. The lowest BCUT2D eigenvalue weighted by Crippen LogP contribution is -2.50. The molecule has 0 bridgehead atoms. The van der Waals surface area contributed by atoms with Crippen molar-refractivity contribution in [3.8, 4) is 5.75 Å². The van der Waals surface area contributed by atoms with E-state index in [4.69, 9.17) is 9.47 Å². The SMILES string of the molecule is C/C=C/c1ccc2c(c1)O[C@@H](CN(C)CC1CCOCC1)[C@@H](C)CN([C@@H](C)CO)S2(=O)=O. The van der Waals surface area contributed by atoms with Crippen molar-refractivity contribution in [2.45, 2.75) is 50.7 Å². The fraction of sp³-hybridized carbons (Fsp3) is 0.667. The highest BCUT2D eigenvalue weighted by Gasteiger charge is 2.38. The standard InChI is InChI=1S/C24H38N2O5S/c1-5-6-20-7-8-24-22(13-20)31-23(16-25(4)15-21-9-11-30-12-10-21)18(2)14-26(19(3)17-27)32(24,28)29/h5-8,13,18-19,21,23,27H,9-12,14-17H2,1-4H3/b6-5+/t18-,19-,23-/m0/s1. The highest BCUT2D eigenvalue weighted by atomic mass is 32.2. The van der Waals surface area contributed by atoms with Crippen LogP contribution in [0.3, 0.4) is 0 Å². The van der Waals surface area contributed by atoms with Crippen LogP contribution in [0.4, 0.5) is 0 Å². The van der Waals surface area contributed by atoms with Gasteiger partial charge >= 0.3 is 0 Å². The summed E-state index contributed by atoms with van der Waals surface area (Å²) >= 11 is 0. The first-order valence-corrected chi connectivity index (χ1v) is 13.0. The molecule has 0 amide bonds. The number of aliphatic hydroxyl groups is 1. The van der Waals surface area contributed by atoms with Crippen LogP contribution < -0.4 is 4.74 Å². The maximum absolute atomic E-state index is 13.5. The monoisotopic (exact) mass is 466 g/mol. The molecule has 0 unspecified atom stereocenters. The zero-order valence-corrected chi connectivity index (χ0v) is 20.6. The maximum Gasteiger partial charge on any atom is 0.247 e. The highest BCUT2D eigenvalue weighted by molar-refractivity contribution is 7.89. The molecule has 2 aliphatic heterocycles. The van der Waals surface area contributed by atoms with Gasteiger partial charge in [-0.25, -0.2) is 8.42 Å². The fourth-order valence-electron chi connectivity index (χ4n) is 4.51. The van der Waals surface area contributed by atoms with Crippen LogP contribution in [0, 0.1) is 11.8 Å². The van der Waals surface area contributed by atoms with Gasteiger partial charge in [-0.05, 0) is 57.4 Å². The van der Waals surface area contributed by atoms with Crippen LogP contribution in [0.1, 0.15) is 39.2 Å². The van der Waals surface area contributed by atoms with E-state index in [1.165, 1.54) is 4.31 Å². The van der Waals surface area contributed by atoms with Crippen LogP contribution in [0.15, 0.2) is 29.2 Å². The molecule has 3 rings (SSSR count). The Morgan fingerprint density at radius 1 is 1.28 bits per heavy atom. The van der Waals surface area contributed by atoms with Crippen molar-refractivity contribution < 1.29 is 23.0 Å². The largest absolute Gasteiger partial charge is 0.487 e. The minimum Gasteiger partial charge on any atom is -0.487 e. The number of benzene rings is 1. The minimum absolute atomic E-state index is 0.0468. The van der Waals surface area contributed by atoms with Gasteiger partial charge in [-0.3, -0.25) is 0 Å². The molecule has 7 nitrogen and oxygen atoms in total. The Morgan fingerprint density at radius 3 is 2.66 bits per heavy atom. The lowest BCUT2D eigenvalue weighted by molar-refractivity contribution is 0.0402. The molecule has 2 aliphatic rings. The predicted octanol–water partition coefficient (Wildman–Crippen LogP) is 2.85. The van der Waals surface area contributed by atoms with Gasteiger partial charge in [0, 0.05) is 44.8 Å². The Kier molecular flexibility index (Phi) is 8.75. The van der Waals surface area contributed by atoms with Crippen molar-refractivity contribution in [1.29, 1.82) is 0 Å². The van der Waals surface area contributed by atoms with Crippen molar-refractivity contribution in [1.82, 2.24) is 9.21 Å². The number of nitrogens with zero attached hydrogens (tertiary/aromatic N) is 2. The third-order valence-corrected chi connectivity index (χ3v) is 8.47. The minimum atomic E-state index is -3.80. The molecule has 180 valence electrons. The van der Waals surface area contributed by atoms with E-state index in [0.717, 1.165) is 38.2 Å². The average Bonchev–Trinajstić information content (AvgIpc) is 2.76. The molecule has 8 heteroatoms. The number of aliphatic hydroxyl groups excluding tert-OH is 1. The summed E-state index contributed by atoms with van der Waals surface area (Å²) in [5, 5.41) is 9.76. The third-order valence-electron chi connectivity index (χ3n) is 6.45. The Labute approximate surface area is 193 Å². The molecule has 0 aromatic heterocycles. The van der Waals surface area contributed by atoms with E-state index in [1.807, 2.05) is 26.0 Å². The molecule has 0 saturated carbocycles. The number of sulfonamides is 1. The van der Waals surface area contributed by atoms with E-state index in [9.17, 15) is 13.5 Å².